The molecule has 0 atom stereocenters. The van der Waals surface area contributed by atoms with Gasteiger partial charge in [0.25, 0.3) is 0 Å². The molecular formula is C16H16ClNO3. The Kier molecular flexibility index (Phi) is 3.63. The van der Waals surface area contributed by atoms with E-state index in [-0.39, 0.29) is 17.4 Å². The first-order valence-electron chi connectivity index (χ1n) is 7.81. The van der Waals surface area contributed by atoms with Crippen LogP contribution in [0.2, 0.25) is 5.02 Å². The van der Waals surface area contributed by atoms with E-state index in [1.54, 1.807) is 25.1 Å². The highest BCUT2D eigenvalue weighted by Crippen LogP contribution is 2.36. The van der Waals surface area contributed by atoms with Crippen LogP contribution >= 0.6 is 11.6 Å². The SMILES string of the molecule is [2H]C([2H])([2H])Oc1cnc(OC)cc1-c1cc(Cl)ccc1C(=O)CC. The van der Waals surface area contributed by atoms with E-state index in [1.165, 1.54) is 19.4 Å². The maximum Gasteiger partial charge on any atom is 0.213 e. The lowest BCUT2D eigenvalue weighted by Crippen LogP contribution is -2.01. The van der Waals surface area contributed by atoms with Crippen molar-refractivity contribution in [3.8, 4) is 22.8 Å². The van der Waals surface area contributed by atoms with Crippen molar-refractivity contribution in [3.63, 3.8) is 0 Å². The van der Waals surface area contributed by atoms with Gasteiger partial charge in [0.1, 0.15) is 5.75 Å². The fraction of sp³-hybridized carbons (Fsp3) is 0.250. The average molecular weight is 309 g/mol. The van der Waals surface area contributed by atoms with Crippen molar-refractivity contribution in [2.75, 3.05) is 14.1 Å². The molecule has 4 nitrogen and oxygen atoms in total. The molecule has 0 radical (unpaired) electrons. The van der Waals surface area contributed by atoms with Crippen molar-refractivity contribution in [2.24, 2.45) is 0 Å². The number of Topliss-reactive ketones (excluding diaryl/α,β-unsaturated/α-hetero) is 1. The summed E-state index contributed by atoms with van der Waals surface area (Å²) in [7, 11) is -1.22. The Hall–Kier alpha value is -2.07. The molecule has 5 heteroatoms. The van der Waals surface area contributed by atoms with Crippen LogP contribution in [-0.2, 0) is 0 Å². The van der Waals surface area contributed by atoms with Crippen LogP contribution in [0.1, 0.15) is 27.8 Å². The molecule has 0 aliphatic carbocycles. The lowest BCUT2D eigenvalue weighted by atomic mass is 9.96. The zero-order chi connectivity index (χ0) is 17.9. The van der Waals surface area contributed by atoms with E-state index in [1.807, 2.05) is 0 Å². The summed E-state index contributed by atoms with van der Waals surface area (Å²) in [6.07, 6.45) is 1.55. The number of carbonyl (C=O) groups is 1. The molecule has 0 fully saturated rings. The Morgan fingerprint density at radius 1 is 1.33 bits per heavy atom. The van der Waals surface area contributed by atoms with Gasteiger partial charge in [0, 0.05) is 28.6 Å². The van der Waals surface area contributed by atoms with Gasteiger partial charge in [0.05, 0.1) is 24.5 Å². The second-order valence-electron chi connectivity index (χ2n) is 4.29. The Labute approximate surface area is 132 Å². The number of hydrogen-bond donors (Lipinski definition) is 0. The summed E-state index contributed by atoms with van der Waals surface area (Å²) >= 11 is 6.06. The molecule has 0 saturated heterocycles. The van der Waals surface area contributed by atoms with Crippen molar-refractivity contribution < 1.29 is 18.4 Å². The van der Waals surface area contributed by atoms with Gasteiger partial charge >= 0.3 is 0 Å². The lowest BCUT2D eigenvalue weighted by Gasteiger charge is -2.13. The maximum atomic E-state index is 12.2. The second kappa shape index (κ2) is 6.59. The first-order chi connectivity index (χ1) is 11.2. The van der Waals surface area contributed by atoms with Crippen molar-refractivity contribution in [1.82, 2.24) is 4.98 Å². The number of carbonyl (C=O) groups excluding carboxylic acids is 1. The van der Waals surface area contributed by atoms with Crippen molar-refractivity contribution in [1.29, 1.82) is 0 Å². The number of methoxy groups -OCH3 is 2. The molecule has 0 amide bonds. The lowest BCUT2D eigenvalue weighted by molar-refractivity contribution is 0.0989. The van der Waals surface area contributed by atoms with Crippen LogP contribution in [0.3, 0.4) is 0 Å². The van der Waals surface area contributed by atoms with Crippen LogP contribution in [-0.4, -0.2) is 24.9 Å². The topological polar surface area (TPSA) is 48.4 Å². The first kappa shape index (κ1) is 11.6. The number of benzene rings is 1. The Balaban J connectivity index is 2.70. The molecule has 2 rings (SSSR count). The van der Waals surface area contributed by atoms with E-state index in [2.05, 4.69) is 4.98 Å². The van der Waals surface area contributed by atoms with Gasteiger partial charge in [0.15, 0.2) is 5.78 Å². The summed E-state index contributed by atoms with van der Waals surface area (Å²) < 4.78 is 32.0. The molecule has 0 unspecified atom stereocenters. The summed E-state index contributed by atoms with van der Waals surface area (Å²) in [6.45, 7) is 1.74. The third-order valence-electron chi connectivity index (χ3n) is 3.05. The molecule has 0 N–H and O–H groups in total. The summed E-state index contributed by atoms with van der Waals surface area (Å²) in [5, 5.41) is 0.410. The van der Waals surface area contributed by atoms with Gasteiger partial charge in [-0.3, -0.25) is 4.79 Å². The summed E-state index contributed by atoms with van der Waals surface area (Å²) in [5.41, 5.74) is 1.26. The molecule has 1 aromatic carbocycles. The Morgan fingerprint density at radius 2 is 2.14 bits per heavy atom. The molecule has 0 spiro atoms. The Bertz CT molecular complexity index is 763. The van der Waals surface area contributed by atoms with Gasteiger partial charge in [-0.1, -0.05) is 18.5 Å². The number of nitrogens with zero attached hydrogens (tertiary/aromatic N) is 1. The minimum atomic E-state index is -2.65. The van der Waals surface area contributed by atoms with Crippen LogP contribution < -0.4 is 9.47 Å². The van der Waals surface area contributed by atoms with Gasteiger partial charge in [-0.2, -0.15) is 0 Å². The van der Waals surface area contributed by atoms with Crippen LogP contribution in [0.5, 0.6) is 11.6 Å². The van der Waals surface area contributed by atoms with E-state index in [9.17, 15) is 4.79 Å². The molecule has 0 aliphatic rings. The fourth-order valence-corrected chi connectivity index (χ4v) is 2.17. The highest BCUT2D eigenvalue weighted by molar-refractivity contribution is 6.31. The van der Waals surface area contributed by atoms with E-state index in [0.29, 0.717) is 28.1 Å². The molecule has 1 heterocycles. The molecule has 1 aromatic heterocycles. The summed E-state index contributed by atoms with van der Waals surface area (Å²) in [4.78, 5) is 16.2. The van der Waals surface area contributed by atoms with Gasteiger partial charge in [0.2, 0.25) is 5.88 Å². The van der Waals surface area contributed by atoms with Crippen LogP contribution in [0.4, 0.5) is 0 Å². The average Bonchev–Trinajstić information content (AvgIpc) is 2.53. The number of aromatic nitrogens is 1. The van der Waals surface area contributed by atoms with Gasteiger partial charge in [-0.25, -0.2) is 4.98 Å². The number of halogens is 1. The minimum absolute atomic E-state index is 0.0169. The molecule has 110 valence electrons. The third-order valence-corrected chi connectivity index (χ3v) is 3.29. The maximum absolute atomic E-state index is 12.2. The van der Waals surface area contributed by atoms with E-state index < -0.39 is 7.04 Å². The smallest absolute Gasteiger partial charge is 0.213 e. The van der Waals surface area contributed by atoms with Gasteiger partial charge in [-0.15, -0.1) is 0 Å². The quantitative estimate of drug-likeness (QED) is 0.783. The van der Waals surface area contributed by atoms with Gasteiger partial charge < -0.3 is 9.47 Å². The van der Waals surface area contributed by atoms with Crippen LogP contribution in [0.15, 0.2) is 30.5 Å². The highest BCUT2D eigenvalue weighted by atomic mass is 35.5. The summed E-state index contributed by atoms with van der Waals surface area (Å²) in [6, 6.07) is 6.32. The predicted octanol–water partition coefficient (Wildman–Crippen LogP) is 4.01. The normalized spacial score (nSPS) is 13.0. The highest BCUT2D eigenvalue weighted by Gasteiger charge is 2.16. The van der Waals surface area contributed by atoms with Crippen molar-refractivity contribution in [2.45, 2.75) is 13.3 Å². The number of ketones is 1. The Morgan fingerprint density at radius 3 is 2.81 bits per heavy atom. The van der Waals surface area contributed by atoms with Crippen molar-refractivity contribution in [3.05, 3.63) is 41.0 Å². The van der Waals surface area contributed by atoms with Crippen LogP contribution in [0.25, 0.3) is 11.1 Å². The van der Waals surface area contributed by atoms with E-state index >= 15 is 0 Å². The number of ether oxygens (including phenoxy) is 2. The van der Waals surface area contributed by atoms with Crippen molar-refractivity contribution >= 4 is 17.4 Å². The molecule has 2 aromatic rings. The van der Waals surface area contributed by atoms with Gasteiger partial charge in [-0.05, 0) is 23.8 Å². The zero-order valence-corrected chi connectivity index (χ0v) is 12.4. The minimum Gasteiger partial charge on any atom is -0.494 e. The molecule has 0 saturated carbocycles. The fourth-order valence-electron chi connectivity index (χ4n) is 2.00. The molecule has 21 heavy (non-hydrogen) atoms. The monoisotopic (exact) mass is 308 g/mol. The van der Waals surface area contributed by atoms with Crippen LogP contribution in [0, 0.1) is 0 Å². The number of pyridine rings is 1. The second-order valence-corrected chi connectivity index (χ2v) is 4.73. The number of hydrogen-bond acceptors (Lipinski definition) is 4. The molecular weight excluding hydrogens is 290 g/mol. The number of rotatable bonds is 5. The standard InChI is InChI=1S/C16H16ClNO3/c1-4-14(19)11-6-5-10(17)7-12(11)13-8-16(21-3)18-9-15(13)20-2/h5-9H,4H2,1-3H3/i2D3. The summed E-state index contributed by atoms with van der Waals surface area (Å²) in [5.74, 6) is 0.179. The van der Waals surface area contributed by atoms with E-state index in [4.69, 9.17) is 25.2 Å². The largest absolute Gasteiger partial charge is 0.494 e. The molecule has 0 bridgehead atoms. The molecule has 0 aliphatic heterocycles. The first-order valence-corrected chi connectivity index (χ1v) is 6.69. The third kappa shape index (κ3) is 3.16. The zero-order valence-electron chi connectivity index (χ0n) is 14.6. The predicted molar refractivity (Wildman–Crippen MR) is 82.4 cm³/mol. The van der Waals surface area contributed by atoms with E-state index in [0.717, 1.165) is 0 Å².